The lowest BCUT2D eigenvalue weighted by atomic mass is 9.92. The first-order chi connectivity index (χ1) is 9.56. The van der Waals surface area contributed by atoms with Gasteiger partial charge in [-0.05, 0) is 50.7 Å². The second-order valence-electron chi connectivity index (χ2n) is 5.69. The average Bonchev–Trinajstić information content (AvgIpc) is 2.41. The van der Waals surface area contributed by atoms with Crippen molar-refractivity contribution in [3.05, 3.63) is 29.3 Å². The van der Waals surface area contributed by atoms with Gasteiger partial charge in [0.25, 0.3) is 5.91 Å². The van der Waals surface area contributed by atoms with Gasteiger partial charge in [-0.3, -0.25) is 4.79 Å². The van der Waals surface area contributed by atoms with Crippen molar-refractivity contribution in [3.8, 4) is 5.75 Å². The van der Waals surface area contributed by atoms with Crippen LogP contribution in [0.4, 0.5) is 0 Å². The third kappa shape index (κ3) is 3.97. The van der Waals surface area contributed by atoms with Crippen molar-refractivity contribution in [1.82, 2.24) is 5.32 Å². The molecule has 0 bridgehead atoms. The Balaban J connectivity index is 1.80. The summed E-state index contributed by atoms with van der Waals surface area (Å²) < 4.78 is 5.66. The van der Waals surface area contributed by atoms with Crippen LogP contribution in [-0.4, -0.2) is 24.6 Å². The summed E-state index contributed by atoms with van der Waals surface area (Å²) in [5.41, 5.74) is 7.97. The third-order valence-corrected chi connectivity index (χ3v) is 3.89. The SMILES string of the molecule is Cc1cccc(C)c1OCC(=O)NC1CCC(N)CC1. The van der Waals surface area contributed by atoms with E-state index in [1.165, 1.54) is 0 Å². The zero-order valence-corrected chi connectivity index (χ0v) is 12.3. The fourth-order valence-electron chi connectivity index (χ4n) is 2.70. The van der Waals surface area contributed by atoms with Gasteiger partial charge in [0.05, 0.1) is 0 Å². The van der Waals surface area contributed by atoms with Crippen molar-refractivity contribution in [2.24, 2.45) is 5.73 Å². The molecule has 4 nitrogen and oxygen atoms in total. The minimum Gasteiger partial charge on any atom is -0.483 e. The Morgan fingerprint density at radius 2 is 1.85 bits per heavy atom. The van der Waals surface area contributed by atoms with Crippen molar-refractivity contribution in [2.45, 2.75) is 51.6 Å². The molecule has 20 heavy (non-hydrogen) atoms. The van der Waals surface area contributed by atoms with Crippen LogP contribution in [0.3, 0.4) is 0 Å². The van der Waals surface area contributed by atoms with Gasteiger partial charge in [0.15, 0.2) is 6.61 Å². The molecule has 110 valence electrons. The number of carbonyl (C=O) groups is 1. The molecule has 1 saturated carbocycles. The second kappa shape index (κ2) is 6.75. The molecule has 0 atom stereocenters. The molecule has 3 N–H and O–H groups in total. The van der Waals surface area contributed by atoms with Crippen LogP contribution in [0.5, 0.6) is 5.75 Å². The van der Waals surface area contributed by atoms with Crippen LogP contribution >= 0.6 is 0 Å². The van der Waals surface area contributed by atoms with Crippen molar-refractivity contribution < 1.29 is 9.53 Å². The fraction of sp³-hybridized carbons (Fsp3) is 0.562. The van der Waals surface area contributed by atoms with E-state index in [1.54, 1.807) is 0 Å². The molecular weight excluding hydrogens is 252 g/mol. The number of aryl methyl sites for hydroxylation is 2. The first kappa shape index (κ1) is 14.9. The summed E-state index contributed by atoms with van der Waals surface area (Å²) >= 11 is 0. The van der Waals surface area contributed by atoms with E-state index < -0.39 is 0 Å². The highest BCUT2D eigenvalue weighted by molar-refractivity contribution is 5.78. The molecular formula is C16H24N2O2. The first-order valence-corrected chi connectivity index (χ1v) is 7.30. The van der Waals surface area contributed by atoms with Gasteiger partial charge in [-0.2, -0.15) is 0 Å². The van der Waals surface area contributed by atoms with Gasteiger partial charge in [-0.25, -0.2) is 0 Å². The number of rotatable bonds is 4. The van der Waals surface area contributed by atoms with Crippen LogP contribution in [0.15, 0.2) is 18.2 Å². The van der Waals surface area contributed by atoms with Gasteiger partial charge in [-0.15, -0.1) is 0 Å². The number of benzene rings is 1. The molecule has 0 heterocycles. The normalized spacial score (nSPS) is 22.4. The Morgan fingerprint density at radius 3 is 2.45 bits per heavy atom. The Labute approximate surface area is 120 Å². The number of nitrogens with two attached hydrogens (primary N) is 1. The van der Waals surface area contributed by atoms with Gasteiger partial charge in [0, 0.05) is 12.1 Å². The van der Waals surface area contributed by atoms with E-state index in [9.17, 15) is 4.79 Å². The maximum atomic E-state index is 11.9. The van der Waals surface area contributed by atoms with E-state index in [0.717, 1.165) is 42.6 Å². The first-order valence-electron chi connectivity index (χ1n) is 7.30. The van der Waals surface area contributed by atoms with Gasteiger partial charge in [0.2, 0.25) is 0 Å². The summed E-state index contributed by atoms with van der Waals surface area (Å²) in [6.45, 7) is 4.06. The number of para-hydroxylation sites is 1. The van der Waals surface area contributed by atoms with Crippen LogP contribution < -0.4 is 15.8 Å². The Kier molecular flexibility index (Phi) is 5.01. The highest BCUT2D eigenvalue weighted by atomic mass is 16.5. The quantitative estimate of drug-likeness (QED) is 0.885. The zero-order valence-electron chi connectivity index (χ0n) is 12.3. The van der Waals surface area contributed by atoms with E-state index in [0.29, 0.717) is 6.04 Å². The highest BCUT2D eigenvalue weighted by Crippen LogP contribution is 2.22. The predicted octanol–water partition coefficient (Wildman–Crippen LogP) is 2.07. The maximum absolute atomic E-state index is 11.9. The minimum absolute atomic E-state index is 0.0480. The van der Waals surface area contributed by atoms with Gasteiger partial charge >= 0.3 is 0 Å². The topological polar surface area (TPSA) is 64.3 Å². The molecule has 1 amide bonds. The zero-order chi connectivity index (χ0) is 14.5. The predicted molar refractivity (Wildman–Crippen MR) is 79.8 cm³/mol. The molecule has 1 aromatic carbocycles. The van der Waals surface area contributed by atoms with Crippen molar-refractivity contribution >= 4 is 5.91 Å². The monoisotopic (exact) mass is 276 g/mol. The van der Waals surface area contributed by atoms with Crippen LogP contribution in [0.2, 0.25) is 0 Å². The summed E-state index contributed by atoms with van der Waals surface area (Å²) in [6, 6.07) is 6.52. The Bertz CT molecular complexity index is 445. The lowest BCUT2D eigenvalue weighted by Gasteiger charge is -2.26. The molecule has 0 aromatic heterocycles. The molecule has 0 radical (unpaired) electrons. The highest BCUT2D eigenvalue weighted by Gasteiger charge is 2.20. The van der Waals surface area contributed by atoms with E-state index in [1.807, 2.05) is 32.0 Å². The number of amides is 1. The maximum Gasteiger partial charge on any atom is 0.258 e. The number of carbonyl (C=O) groups excluding carboxylic acids is 1. The van der Waals surface area contributed by atoms with Crippen LogP contribution in [0.25, 0.3) is 0 Å². The van der Waals surface area contributed by atoms with Gasteiger partial charge < -0.3 is 15.8 Å². The van der Waals surface area contributed by atoms with Crippen molar-refractivity contribution in [3.63, 3.8) is 0 Å². The molecule has 0 saturated heterocycles. The summed E-state index contributed by atoms with van der Waals surface area (Å²) in [5, 5.41) is 3.03. The standard InChI is InChI=1S/C16H24N2O2/c1-11-4-3-5-12(2)16(11)20-10-15(19)18-14-8-6-13(17)7-9-14/h3-5,13-14H,6-10,17H2,1-2H3,(H,18,19). The fourth-order valence-corrected chi connectivity index (χ4v) is 2.70. The Hall–Kier alpha value is -1.55. The second-order valence-corrected chi connectivity index (χ2v) is 5.69. The van der Waals surface area contributed by atoms with Crippen molar-refractivity contribution in [1.29, 1.82) is 0 Å². The molecule has 2 rings (SSSR count). The third-order valence-electron chi connectivity index (χ3n) is 3.89. The van der Waals surface area contributed by atoms with Crippen LogP contribution in [0.1, 0.15) is 36.8 Å². The summed E-state index contributed by atoms with van der Waals surface area (Å²) in [4.78, 5) is 11.9. The molecule has 1 aromatic rings. The van der Waals surface area contributed by atoms with E-state index in [-0.39, 0.29) is 18.6 Å². The molecule has 0 aliphatic heterocycles. The minimum atomic E-state index is -0.0480. The largest absolute Gasteiger partial charge is 0.483 e. The van der Waals surface area contributed by atoms with Crippen molar-refractivity contribution in [2.75, 3.05) is 6.61 Å². The molecule has 1 aliphatic carbocycles. The van der Waals surface area contributed by atoms with E-state index in [4.69, 9.17) is 10.5 Å². The van der Waals surface area contributed by atoms with Crippen LogP contribution in [-0.2, 0) is 4.79 Å². The van der Waals surface area contributed by atoms with E-state index in [2.05, 4.69) is 5.32 Å². The molecule has 1 aliphatic rings. The van der Waals surface area contributed by atoms with Gasteiger partial charge in [0.1, 0.15) is 5.75 Å². The molecule has 0 spiro atoms. The number of hydrogen-bond acceptors (Lipinski definition) is 3. The van der Waals surface area contributed by atoms with Gasteiger partial charge in [-0.1, -0.05) is 18.2 Å². The molecule has 1 fully saturated rings. The lowest BCUT2D eigenvalue weighted by molar-refractivity contribution is -0.124. The lowest BCUT2D eigenvalue weighted by Crippen LogP contribution is -2.42. The van der Waals surface area contributed by atoms with Crippen LogP contribution in [0, 0.1) is 13.8 Å². The number of hydrogen-bond donors (Lipinski definition) is 2. The summed E-state index contributed by atoms with van der Waals surface area (Å²) in [6.07, 6.45) is 3.91. The molecule has 0 unspecified atom stereocenters. The molecule has 4 heteroatoms. The van der Waals surface area contributed by atoms with E-state index >= 15 is 0 Å². The summed E-state index contributed by atoms with van der Waals surface area (Å²) in [5.74, 6) is 0.765. The Morgan fingerprint density at radius 1 is 1.25 bits per heavy atom. The summed E-state index contributed by atoms with van der Waals surface area (Å²) in [7, 11) is 0. The smallest absolute Gasteiger partial charge is 0.258 e. The average molecular weight is 276 g/mol. The number of nitrogens with one attached hydrogen (secondary N) is 1. The number of ether oxygens (including phenoxy) is 1.